The third-order valence-corrected chi connectivity index (χ3v) is 4.57. The number of alkyl halides is 3. The number of halogens is 3. The van der Waals surface area contributed by atoms with E-state index in [-0.39, 0.29) is 11.8 Å². The van der Waals surface area contributed by atoms with Crippen LogP contribution in [0.1, 0.15) is 25.7 Å². The van der Waals surface area contributed by atoms with Gasteiger partial charge in [0.25, 0.3) is 0 Å². The lowest BCUT2D eigenvalue weighted by molar-refractivity contribution is -0.192. The Labute approximate surface area is 159 Å². The Balaban J connectivity index is 0.000000345. The summed E-state index contributed by atoms with van der Waals surface area (Å²) in [7, 11) is 3.68. The second-order valence-electron chi connectivity index (χ2n) is 6.90. The average Bonchev–Trinajstić information content (AvgIpc) is 3.09. The zero-order chi connectivity index (χ0) is 20.9. The molecule has 1 aliphatic rings. The molecule has 2 aromatic rings. The number of carboxylic acids is 1. The molecular weight excluding hydrogens is 377 g/mol. The van der Waals surface area contributed by atoms with Crippen molar-refractivity contribution in [3.8, 4) is 0 Å². The van der Waals surface area contributed by atoms with Gasteiger partial charge in [-0.3, -0.25) is 9.89 Å². The van der Waals surface area contributed by atoms with E-state index < -0.39 is 12.1 Å². The largest absolute Gasteiger partial charge is 0.490 e. The first-order chi connectivity index (χ1) is 13.1. The zero-order valence-corrected chi connectivity index (χ0v) is 15.6. The van der Waals surface area contributed by atoms with Crippen LogP contribution in [0, 0.1) is 5.92 Å². The number of H-pyrrole nitrogens is 1. The van der Waals surface area contributed by atoms with Crippen LogP contribution in [0.25, 0.3) is 10.9 Å². The summed E-state index contributed by atoms with van der Waals surface area (Å²) in [6.07, 6.45) is 0.805. The Morgan fingerprint density at radius 1 is 1.21 bits per heavy atom. The van der Waals surface area contributed by atoms with Crippen molar-refractivity contribution in [2.45, 2.75) is 37.9 Å². The maximum Gasteiger partial charge on any atom is 0.490 e. The van der Waals surface area contributed by atoms with Crippen LogP contribution in [0.15, 0.2) is 24.4 Å². The third kappa shape index (κ3) is 5.86. The van der Waals surface area contributed by atoms with Crippen molar-refractivity contribution >= 4 is 28.5 Å². The fourth-order valence-corrected chi connectivity index (χ4v) is 3.12. The van der Waals surface area contributed by atoms with E-state index in [1.165, 1.54) is 0 Å². The molecule has 1 saturated carbocycles. The van der Waals surface area contributed by atoms with Crippen molar-refractivity contribution in [1.82, 2.24) is 15.1 Å². The van der Waals surface area contributed by atoms with Gasteiger partial charge in [-0.25, -0.2) is 4.79 Å². The number of nitrogens with one attached hydrogen (secondary N) is 2. The van der Waals surface area contributed by atoms with Crippen LogP contribution < -0.4 is 5.32 Å². The number of hydrogen-bond donors (Lipinski definition) is 3. The van der Waals surface area contributed by atoms with Crippen molar-refractivity contribution < 1.29 is 27.9 Å². The van der Waals surface area contributed by atoms with E-state index in [0.717, 1.165) is 42.3 Å². The number of rotatable bonds is 3. The van der Waals surface area contributed by atoms with Gasteiger partial charge in [-0.1, -0.05) is 0 Å². The van der Waals surface area contributed by atoms with Crippen LogP contribution in [0.5, 0.6) is 0 Å². The summed E-state index contributed by atoms with van der Waals surface area (Å²) in [5.74, 6) is -2.28. The van der Waals surface area contributed by atoms with Crippen LogP contribution in [0.4, 0.5) is 18.9 Å². The van der Waals surface area contributed by atoms with Gasteiger partial charge in [0.15, 0.2) is 0 Å². The summed E-state index contributed by atoms with van der Waals surface area (Å²) in [5, 5.41) is 18.8. The summed E-state index contributed by atoms with van der Waals surface area (Å²) in [6.45, 7) is 0. The van der Waals surface area contributed by atoms with Gasteiger partial charge in [0.1, 0.15) is 0 Å². The number of carbonyl (C=O) groups is 2. The Kier molecular flexibility index (Phi) is 6.87. The lowest BCUT2D eigenvalue weighted by Crippen LogP contribution is -2.35. The number of aromatic nitrogens is 2. The number of anilines is 1. The first kappa shape index (κ1) is 21.5. The van der Waals surface area contributed by atoms with Gasteiger partial charge in [-0.2, -0.15) is 18.3 Å². The predicted octanol–water partition coefficient (Wildman–Crippen LogP) is 3.26. The number of carboxylic acid groups (broad SMARTS) is 1. The fraction of sp³-hybridized carbons (Fsp3) is 0.500. The van der Waals surface area contributed by atoms with Gasteiger partial charge in [0.05, 0.1) is 11.7 Å². The number of nitrogens with zero attached hydrogens (tertiary/aromatic N) is 2. The van der Waals surface area contributed by atoms with Crippen LogP contribution in [-0.2, 0) is 9.59 Å². The molecule has 0 saturated heterocycles. The van der Waals surface area contributed by atoms with Crippen LogP contribution in [-0.4, -0.2) is 58.4 Å². The number of benzene rings is 1. The first-order valence-electron chi connectivity index (χ1n) is 8.79. The lowest BCUT2D eigenvalue weighted by Gasteiger charge is -2.30. The van der Waals surface area contributed by atoms with Crippen molar-refractivity contribution in [3.63, 3.8) is 0 Å². The van der Waals surface area contributed by atoms with Gasteiger partial charge in [-0.15, -0.1) is 0 Å². The van der Waals surface area contributed by atoms with Crippen LogP contribution in [0.2, 0.25) is 0 Å². The number of aromatic amines is 1. The predicted molar refractivity (Wildman–Crippen MR) is 97.8 cm³/mol. The van der Waals surface area contributed by atoms with E-state index >= 15 is 0 Å². The Morgan fingerprint density at radius 3 is 2.36 bits per heavy atom. The van der Waals surface area contributed by atoms with Gasteiger partial charge >= 0.3 is 12.1 Å². The Hall–Kier alpha value is -2.78. The quantitative estimate of drug-likeness (QED) is 0.735. The van der Waals surface area contributed by atoms with Gasteiger partial charge < -0.3 is 15.3 Å². The molecule has 0 bridgehead atoms. The summed E-state index contributed by atoms with van der Waals surface area (Å²) in [4.78, 5) is 22.6. The van der Waals surface area contributed by atoms with E-state index in [4.69, 9.17) is 9.90 Å². The molecule has 1 aromatic heterocycles. The molecule has 3 rings (SSSR count). The maximum absolute atomic E-state index is 12.0. The molecule has 1 heterocycles. The normalized spacial score (nSPS) is 19.5. The highest BCUT2D eigenvalue weighted by Gasteiger charge is 2.38. The number of fused-ring (bicyclic) bond motifs is 1. The third-order valence-electron chi connectivity index (χ3n) is 4.57. The molecule has 10 heteroatoms. The molecule has 1 amide bonds. The molecule has 0 atom stereocenters. The van der Waals surface area contributed by atoms with Crippen molar-refractivity contribution in [2.24, 2.45) is 5.92 Å². The average molecular weight is 400 g/mol. The van der Waals surface area contributed by atoms with Gasteiger partial charge in [0.2, 0.25) is 5.91 Å². The molecule has 154 valence electrons. The molecule has 28 heavy (non-hydrogen) atoms. The minimum Gasteiger partial charge on any atom is -0.475 e. The van der Waals surface area contributed by atoms with E-state index in [0.29, 0.717) is 6.04 Å². The molecule has 1 aliphatic carbocycles. The van der Waals surface area contributed by atoms with Crippen LogP contribution >= 0.6 is 0 Å². The topological polar surface area (TPSA) is 98.3 Å². The Bertz CT molecular complexity index is 812. The highest BCUT2D eigenvalue weighted by atomic mass is 19.4. The molecule has 0 unspecified atom stereocenters. The van der Waals surface area contributed by atoms with Gasteiger partial charge in [-0.05, 0) is 43.9 Å². The monoisotopic (exact) mass is 400 g/mol. The molecule has 0 spiro atoms. The zero-order valence-electron chi connectivity index (χ0n) is 15.6. The summed E-state index contributed by atoms with van der Waals surface area (Å²) >= 11 is 0. The number of carbonyl (C=O) groups excluding carboxylic acids is 1. The highest BCUT2D eigenvalue weighted by Crippen LogP contribution is 2.28. The minimum atomic E-state index is -5.08. The van der Waals surface area contributed by atoms with Crippen molar-refractivity contribution in [1.29, 1.82) is 0 Å². The molecule has 7 nitrogen and oxygen atoms in total. The van der Waals surface area contributed by atoms with Crippen molar-refractivity contribution in [3.05, 3.63) is 24.4 Å². The number of aliphatic carboxylic acids is 1. The second kappa shape index (κ2) is 8.94. The number of amides is 1. The van der Waals surface area contributed by atoms with Gasteiger partial charge in [0, 0.05) is 37.1 Å². The smallest absolute Gasteiger partial charge is 0.475 e. The summed E-state index contributed by atoms with van der Waals surface area (Å²) in [6, 6.07) is 6.71. The SMILES string of the molecule is CN(C)C(=O)C1CCC(Nc2ccc3[nH]ncc3c2)CC1.O=C(O)C(F)(F)F. The van der Waals surface area contributed by atoms with E-state index in [2.05, 4.69) is 27.6 Å². The Morgan fingerprint density at radius 2 is 1.82 bits per heavy atom. The molecule has 3 N–H and O–H groups in total. The van der Waals surface area contributed by atoms with Crippen LogP contribution in [0.3, 0.4) is 0 Å². The molecular formula is C18H23F3N4O3. The van der Waals surface area contributed by atoms with E-state index in [9.17, 15) is 18.0 Å². The minimum absolute atomic E-state index is 0.203. The summed E-state index contributed by atoms with van der Waals surface area (Å²) in [5.41, 5.74) is 2.19. The standard InChI is InChI=1S/C16H22N4O.C2HF3O2/c1-20(2)16(21)11-3-5-13(6-4-11)18-14-7-8-15-12(9-14)10-17-19-15;3-2(4,5)1(6)7/h7-11,13,18H,3-6H2,1-2H3,(H,17,19);(H,6,7). The fourth-order valence-electron chi connectivity index (χ4n) is 3.12. The molecule has 1 aromatic carbocycles. The molecule has 0 radical (unpaired) electrons. The molecule has 1 fully saturated rings. The van der Waals surface area contributed by atoms with E-state index in [1.807, 2.05) is 26.4 Å². The highest BCUT2D eigenvalue weighted by molar-refractivity contribution is 5.82. The second-order valence-corrected chi connectivity index (χ2v) is 6.90. The molecule has 0 aliphatic heterocycles. The lowest BCUT2D eigenvalue weighted by atomic mass is 9.85. The number of hydrogen-bond acceptors (Lipinski definition) is 4. The first-order valence-corrected chi connectivity index (χ1v) is 8.79. The van der Waals surface area contributed by atoms with Crippen molar-refractivity contribution in [2.75, 3.05) is 19.4 Å². The summed E-state index contributed by atoms with van der Waals surface area (Å²) < 4.78 is 31.7. The maximum atomic E-state index is 12.0. The van der Waals surface area contributed by atoms with E-state index in [1.54, 1.807) is 4.90 Å².